The minimum absolute atomic E-state index is 0.0477. The van der Waals surface area contributed by atoms with Crippen molar-refractivity contribution in [2.45, 2.75) is 24.8 Å². The molecule has 1 fully saturated rings. The summed E-state index contributed by atoms with van der Waals surface area (Å²) in [7, 11) is 1.65. The highest BCUT2D eigenvalue weighted by molar-refractivity contribution is 7.91. The second kappa shape index (κ2) is 9.58. The van der Waals surface area contributed by atoms with Crippen LogP contribution >= 0.6 is 0 Å². The Morgan fingerprint density at radius 1 is 1.25 bits per heavy atom. The maximum atomic E-state index is 13.0. The summed E-state index contributed by atoms with van der Waals surface area (Å²) in [5.74, 6) is -0.0387. The summed E-state index contributed by atoms with van der Waals surface area (Å²) in [4.78, 5) is 17.6. The summed E-state index contributed by atoms with van der Waals surface area (Å²) in [6.45, 7) is 7.99. The molecule has 1 aliphatic rings. The third-order valence-corrected chi connectivity index (χ3v) is 6.89. The fraction of sp³-hybridized carbons (Fsp3) is 0.632. The topological polar surface area (TPSA) is 91.0 Å². The Balaban J connectivity index is 2.37. The van der Waals surface area contributed by atoms with Gasteiger partial charge in [0.25, 0.3) is 5.91 Å². The molecule has 158 valence electrons. The molecule has 1 atom stereocenters. The fourth-order valence-corrected chi connectivity index (χ4v) is 4.50. The Morgan fingerprint density at radius 2 is 1.96 bits per heavy atom. The third kappa shape index (κ3) is 5.15. The molecule has 1 amide bonds. The highest BCUT2D eigenvalue weighted by atomic mass is 32.2. The first-order valence-electron chi connectivity index (χ1n) is 9.60. The van der Waals surface area contributed by atoms with E-state index in [1.165, 1.54) is 13.2 Å². The van der Waals surface area contributed by atoms with Gasteiger partial charge in [-0.1, -0.05) is 13.8 Å². The molecule has 1 unspecified atom stereocenters. The van der Waals surface area contributed by atoms with Crippen LogP contribution in [0.5, 0.6) is 5.75 Å². The minimum atomic E-state index is -3.50. The Morgan fingerprint density at radius 3 is 2.54 bits per heavy atom. The van der Waals surface area contributed by atoms with Gasteiger partial charge in [0.05, 0.1) is 35.1 Å². The van der Waals surface area contributed by atoms with Crippen molar-refractivity contribution in [2.75, 3.05) is 65.0 Å². The van der Waals surface area contributed by atoms with Crippen molar-refractivity contribution in [3.63, 3.8) is 0 Å². The number of rotatable bonds is 7. The lowest BCUT2D eigenvalue weighted by molar-refractivity contribution is 0.0921. The van der Waals surface area contributed by atoms with Gasteiger partial charge in [0.2, 0.25) is 0 Å². The summed E-state index contributed by atoms with van der Waals surface area (Å²) in [6.07, 6.45) is 0. The number of likely N-dealkylation sites (N-methyl/N-ethyl adjacent to an activating group) is 2. The zero-order valence-corrected chi connectivity index (χ0v) is 18.2. The quantitative estimate of drug-likeness (QED) is 0.687. The zero-order chi connectivity index (χ0) is 20.9. The lowest BCUT2D eigenvalue weighted by atomic mass is 10.1. The lowest BCUT2D eigenvalue weighted by Gasteiger charge is -2.24. The van der Waals surface area contributed by atoms with Crippen molar-refractivity contribution >= 4 is 21.4 Å². The molecule has 9 heteroatoms. The fourth-order valence-electron chi connectivity index (χ4n) is 3.40. The summed E-state index contributed by atoms with van der Waals surface area (Å²) < 4.78 is 30.4. The molecule has 28 heavy (non-hydrogen) atoms. The van der Waals surface area contributed by atoms with Crippen LogP contribution in [0.15, 0.2) is 17.0 Å². The van der Waals surface area contributed by atoms with Gasteiger partial charge in [0.1, 0.15) is 5.75 Å². The summed E-state index contributed by atoms with van der Waals surface area (Å²) in [6, 6.07) is 2.92. The second-order valence-corrected chi connectivity index (χ2v) is 9.27. The van der Waals surface area contributed by atoms with E-state index in [-0.39, 0.29) is 28.2 Å². The number of methoxy groups -OCH3 is 1. The van der Waals surface area contributed by atoms with E-state index in [4.69, 9.17) is 4.74 Å². The maximum Gasteiger partial charge on any atom is 0.255 e. The van der Waals surface area contributed by atoms with Gasteiger partial charge in [0, 0.05) is 39.3 Å². The first-order valence-corrected chi connectivity index (χ1v) is 11.2. The molecule has 8 nitrogen and oxygen atoms in total. The highest BCUT2D eigenvalue weighted by Crippen LogP contribution is 2.31. The Hall–Kier alpha value is -1.84. The number of benzene rings is 1. The molecule has 0 saturated carbocycles. The summed E-state index contributed by atoms with van der Waals surface area (Å²) in [5, 5.41) is 5.94. The van der Waals surface area contributed by atoms with Gasteiger partial charge in [0.15, 0.2) is 9.84 Å². The molecular formula is C19H32N4O4S. The number of carbonyl (C=O) groups is 1. The lowest BCUT2D eigenvalue weighted by Crippen LogP contribution is -2.46. The number of nitrogens with zero attached hydrogens (tertiary/aromatic N) is 2. The predicted octanol–water partition coefficient (Wildman–Crippen LogP) is 0.896. The van der Waals surface area contributed by atoms with Gasteiger partial charge in [-0.25, -0.2) is 8.42 Å². The van der Waals surface area contributed by atoms with Crippen LogP contribution in [-0.4, -0.2) is 89.8 Å². The van der Waals surface area contributed by atoms with Crippen molar-refractivity contribution in [2.24, 2.45) is 0 Å². The zero-order valence-electron chi connectivity index (χ0n) is 17.4. The first-order chi connectivity index (χ1) is 13.2. The van der Waals surface area contributed by atoms with E-state index in [0.29, 0.717) is 11.4 Å². The van der Waals surface area contributed by atoms with E-state index >= 15 is 0 Å². The highest BCUT2D eigenvalue weighted by Gasteiger charge is 2.26. The van der Waals surface area contributed by atoms with E-state index < -0.39 is 9.84 Å². The number of hydrogen-bond donors (Lipinski definition) is 2. The summed E-state index contributed by atoms with van der Waals surface area (Å²) >= 11 is 0. The molecule has 1 heterocycles. The Labute approximate surface area is 168 Å². The number of nitrogens with one attached hydrogen (secondary N) is 2. The molecule has 1 aromatic rings. The molecule has 0 aliphatic carbocycles. The van der Waals surface area contributed by atoms with E-state index in [1.54, 1.807) is 20.0 Å². The first kappa shape index (κ1) is 22.4. The van der Waals surface area contributed by atoms with Crippen molar-refractivity contribution in [1.82, 2.24) is 15.1 Å². The van der Waals surface area contributed by atoms with Crippen LogP contribution in [0.25, 0.3) is 0 Å². The van der Waals surface area contributed by atoms with Gasteiger partial charge in [-0.2, -0.15) is 0 Å². The standard InChI is InChI=1S/C19H32N4O4S/c1-6-23-9-8-22(4)12-14(13-23)21-19(24)15-10-18(28(25,26)7-2)16(20-3)11-17(15)27-5/h10-11,14,20H,6-9,12-13H2,1-5H3,(H,21,24). The van der Waals surface area contributed by atoms with Gasteiger partial charge >= 0.3 is 0 Å². The van der Waals surface area contributed by atoms with E-state index in [0.717, 1.165) is 32.7 Å². The van der Waals surface area contributed by atoms with Crippen LogP contribution in [0.4, 0.5) is 5.69 Å². The van der Waals surface area contributed by atoms with Crippen molar-refractivity contribution < 1.29 is 17.9 Å². The average molecular weight is 413 g/mol. The number of anilines is 1. The molecule has 1 aromatic carbocycles. The van der Waals surface area contributed by atoms with Crippen molar-refractivity contribution in [3.8, 4) is 5.75 Å². The number of amides is 1. The molecular weight excluding hydrogens is 380 g/mol. The van der Waals surface area contributed by atoms with Crippen LogP contribution in [-0.2, 0) is 9.84 Å². The van der Waals surface area contributed by atoms with Crippen LogP contribution in [0.1, 0.15) is 24.2 Å². The molecule has 0 radical (unpaired) electrons. The largest absolute Gasteiger partial charge is 0.496 e. The molecule has 2 N–H and O–H groups in total. The van der Waals surface area contributed by atoms with E-state index in [9.17, 15) is 13.2 Å². The molecule has 0 bridgehead atoms. The van der Waals surface area contributed by atoms with Crippen LogP contribution in [0, 0.1) is 0 Å². The maximum absolute atomic E-state index is 13.0. The second-order valence-electron chi connectivity index (χ2n) is 7.03. The minimum Gasteiger partial charge on any atom is -0.496 e. The average Bonchev–Trinajstić information content (AvgIpc) is 2.87. The Kier molecular flexibility index (Phi) is 7.68. The van der Waals surface area contributed by atoms with E-state index in [2.05, 4.69) is 27.4 Å². The molecule has 2 rings (SSSR count). The predicted molar refractivity (Wildman–Crippen MR) is 111 cm³/mol. The van der Waals surface area contributed by atoms with Gasteiger partial charge in [-0.3, -0.25) is 4.79 Å². The van der Waals surface area contributed by atoms with Crippen molar-refractivity contribution in [3.05, 3.63) is 17.7 Å². The van der Waals surface area contributed by atoms with Gasteiger partial charge in [-0.15, -0.1) is 0 Å². The van der Waals surface area contributed by atoms with Crippen molar-refractivity contribution in [1.29, 1.82) is 0 Å². The number of carbonyl (C=O) groups excluding carboxylic acids is 1. The SMILES string of the molecule is CCN1CCN(C)CC(NC(=O)c2cc(S(=O)(=O)CC)c(NC)cc2OC)C1. The molecule has 1 aliphatic heterocycles. The summed E-state index contributed by atoms with van der Waals surface area (Å²) in [5.41, 5.74) is 0.644. The normalized spacial score (nSPS) is 19.1. The number of hydrogen-bond acceptors (Lipinski definition) is 7. The molecule has 0 spiro atoms. The Bertz CT molecular complexity index is 797. The third-order valence-electron chi connectivity index (χ3n) is 5.12. The monoisotopic (exact) mass is 412 g/mol. The van der Waals surface area contributed by atoms with Gasteiger partial charge in [-0.05, 0) is 19.7 Å². The van der Waals surface area contributed by atoms with Gasteiger partial charge < -0.3 is 25.2 Å². The molecule has 0 aromatic heterocycles. The van der Waals surface area contributed by atoms with E-state index in [1.807, 2.05) is 7.05 Å². The van der Waals surface area contributed by atoms with Crippen LogP contribution < -0.4 is 15.4 Å². The molecule has 1 saturated heterocycles. The number of ether oxygens (including phenoxy) is 1. The van der Waals surface area contributed by atoms with Crippen LogP contribution in [0.3, 0.4) is 0 Å². The number of sulfone groups is 1. The van der Waals surface area contributed by atoms with Crippen LogP contribution in [0.2, 0.25) is 0 Å². The smallest absolute Gasteiger partial charge is 0.255 e.